The molecular formula is C7H14O2. The zero-order valence-corrected chi connectivity index (χ0v) is 6.00. The lowest BCUT2D eigenvalue weighted by molar-refractivity contribution is -0.0791. The Labute approximate surface area is 55.8 Å². The molecule has 0 radical (unpaired) electrons. The summed E-state index contributed by atoms with van der Waals surface area (Å²) in [6.07, 6.45) is 1.94. The van der Waals surface area contributed by atoms with E-state index in [0.29, 0.717) is 0 Å². The molecule has 9 heavy (non-hydrogen) atoms. The van der Waals surface area contributed by atoms with E-state index in [9.17, 15) is 5.11 Å². The maximum Gasteiger partial charge on any atom is 0.0589 e. The van der Waals surface area contributed by atoms with E-state index in [2.05, 4.69) is 0 Å². The summed E-state index contributed by atoms with van der Waals surface area (Å²) in [6.45, 7) is 4.00. The van der Waals surface area contributed by atoms with Gasteiger partial charge in [-0.3, -0.25) is 0 Å². The largest absolute Gasteiger partial charge is 0.393 e. The van der Waals surface area contributed by atoms with Crippen molar-refractivity contribution in [3.63, 3.8) is 0 Å². The van der Waals surface area contributed by atoms with E-state index >= 15 is 0 Å². The van der Waals surface area contributed by atoms with Gasteiger partial charge in [0.1, 0.15) is 0 Å². The van der Waals surface area contributed by atoms with Gasteiger partial charge in [0.2, 0.25) is 0 Å². The van der Waals surface area contributed by atoms with Crippen molar-refractivity contribution < 1.29 is 9.84 Å². The van der Waals surface area contributed by atoms with Crippen LogP contribution < -0.4 is 0 Å². The molecule has 1 heterocycles. The highest BCUT2D eigenvalue weighted by atomic mass is 16.5. The van der Waals surface area contributed by atoms with E-state index in [1.807, 2.05) is 13.8 Å². The van der Waals surface area contributed by atoms with Crippen molar-refractivity contribution >= 4 is 0 Å². The van der Waals surface area contributed by atoms with Gasteiger partial charge in [-0.05, 0) is 26.7 Å². The zero-order chi connectivity index (χ0) is 6.85. The molecule has 0 amide bonds. The first kappa shape index (κ1) is 7.03. The Morgan fingerprint density at radius 3 is 2.00 bits per heavy atom. The van der Waals surface area contributed by atoms with Crippen molar-refractivity contribution in [3.05, 3.63) is 0 Å². The van der Waals surface area contributed by atoms with E-state index in [-0.39, 0.29) is 18.3 Å². The van der Waals surface area contributed by atoms with Crippen LogP contribution in [0.4, 0.5) is 0 Å². The first-order valence-corrected chi connectivity index (χ1v) is 3.52. The first-order valence-electron chi connectivity index (χ1n) is 3.52. The molecule has 0 aliphatic carbocycles. The van der Waals surface area contributed by atoms with Crippen LogP contribution in [0.25, 0.3) is 0 Å². The van der Waals surface area contributed by atoms with E-state index in [1.165, 1.54) is 0 Å². The average Bonchev–Trinajstić information content (AvgIpc) is 1.59. The van der Waals surface area contributed by atoms with Gasteiger partial charge in [0, 0.05) is 0 Å². The molecule has 0 aromatic heterocycles. The van der Waals surface area contributed by atoms with Crippen molar-refractivity contribution in [2.24, 2.45) is 0 Å². The van der Waals surface area contributed by atoms with E-state index in [1.54, 1.807) is 0 Å². The van der Waals surface area contributed by atoms with Crippen molar-refractivity contribution in [3.8, 4) is 0 Å². The minimum Gasteiger partial charge on any atom is -0.393 e. The third kappa shape index (κ3) is 1.95. The van der Waals surface area contributed by atoms with Gasteiger partial charge in [-0.25, -0.2) is 0 Å². The second kappa shape index (κ2) is 2.67. The molecular weight excluding hydrogens is 116 g/mol. The Morgan fingerprint density at radius 2 is 1.67 bits per heavy atom. The van der Waals surface area contributed by atoms with Crippen molar-refractivity contribution in [1.82, 2.24) is 0 Å². The van der Waals surface area contributed by atoms with Crippen LogP contribution in [0, 0.1) is 0 Å². The van der Waals surface area contributed by atoms with Crippen molar-refractivity contribution in [1.29, 1.82) is 0 Å². The smallest absolute Gasteiger partial charge is 0.0589 e. The fourth-order valence-electron chi connectivity index (χ4n) is 1.37. The summed E-state index contributed by atoms with van der Waals surface area (Å²) < 4.78 is 5.40. The Kier molecular flexibility index (Phi) is 2.09. The first-order chi connectivity index (χ1) is 4.18. The van der Waals surface area contributed by atoms with Crippen LogP contribution in [0.5, 0.6) is 0 Å². The number of aliphatic hydroxyl groups is 1. The monoisotopic (exact) mass is 130 g/mol. The molecule has 0 aromatic rings. The number of ether oxygens (including phenoxy) is 1. The molecule has 0 aromatic carbocycles. The van der Waals surface area contributed by atoms with Crippen LogP contribution in [-0.4, -0.2) is 23.4 Å². The molecule has 1 aliphatic rings. The average molecular weight is 130 g/mol. The number of rotatable bonds is 0. The predicted octanol–water partition coefficient (Wildman–Crippen LogP) is 0.935. The fourth-order valence-corrected chi connectivity index (χ4v) is 1.37. The van der Waals surface area contributed by atoms with E-state index in [4.69, 9.17) is 4.74 Å². The quantitative estimate of drug-likeness (QED) is 0.528. The summed E-state index contributed by atoms with van der Waals surface area (Å²) in [4.78, 5) is 0. The molecule has 0 unspecified atom stereocenters. The Hall–Kier alpha value is -0.0800. The lowest BCUT2D eigenvalue weighted by Gasteiger charge is -2.28. The highest BCUT2D eigenvalue weighted by Crippen LogP contribution is 2.18. The van der Waals surface area contributed by atoms with Gasteiger partial charge in [-0.1, -0.05) is 0 Å². The molecule has 0 bridgehead atoms. The lowest BCUT2D eigenvalue weighted by Crippen LogP contribution is -2.32. The molecule has 1 aliphatic heterocycles. The second-order valence-electron chi connectivity index (χ2n) is 2.88. The maximum atomic E-state index is 9.17. The van der Waals surface area contributed by atoms with Crippen molar-refractivity contribution in [2.75, 3.05) is 0 Å². The van der Waals surface area contributed by atoms with Gasteiger partial charge >= 0.3 is 0 Å². The van der Waals surface area contributed by atoms with Crippen LogP contribution in [0.1, 0.15) is 26.7 Å². The molecule has 1 rings (SSSR count). The van der Waals surface area contributed by atoms with Gasteiger partial charge in [-0.2, -0.15) is 0 Å². The van der Waals surface area contributed by atoms with Crippen LogP contribution >= 0.6 is 0 Å². The maximum absolute atomic E-state index is 9.17. The molecule has 2 atom stereocenters. The Bertz CT molecular complexity index is 67.9. The molecule has 2 heteroatoms. The summed E-state index contributed by atoms with van der Waals surface area (Å²) in [5.41, 5.74) is 0. The SMILES string of the molecule is C[C@@H]1CC(O)C[C@@H](C)O1. The molecule has 0 spiro atoms. The summed E-state index contributed by atoms with van der Waals surface area (Å²) in [7, 11) is 0. The highest BCUT2D eigenvalue weighted by Gasteiger charge is 2.21. The Morgan fingerprint density at radius 1 is 1.22 bits per heavy atom. The molecule has 1 saturated heterocycles. The number of aliphatic hydroxyl groups excluding tert-OH is 1. The van der Waals surface area contributed by atoms with Gasteiger partial charge in [0.05, 0.1) is 18.3 Å². The fraction of sp³-hybridized carbons (Fsp3) is 1.00. The third-order valence-electron chi connectivity index (χ3n) is 1.67. The topological polar surface area (TPSA) is 29.5 Å². The normalized spacial score (nSPS) is 45.0. The summed E-state index contributed by atoms with van der Waals surface area (Å²) in [5, 5.41) is 9.17. The van der Waals surface area contributed by atoms with Crippen LogP contribution in [0.3, 0.4) is 0 Å². The van der Waals surface area contributed by atoms with Gasteiger partial charge in [0.25, 0.3) is 0 Å². The van der Waals surface area contributed by atoms with E-state index in [0.717, 1.165) is 12.8 Å². The van der Waals surface area contributed by atoms with Crippen LogP contribution in [0.15, 0.2) is 0 Å². The molecule has 0 saturated carbocycles. The minimum atomic E-state index is -0.135. The van der Waals surface area contributed by atoms with E-state index < -0.39 is 0 Å². The Balaban J connectivity index is 2.34. The van der Waals surface area contributed by atoms with Crippen molar-refractivity contribution in [2.45, 2.75) is 45.0 Å². The second-order valence-corrected chi connectivity index (χ2v) is 2.88. The molecule has 54 valence electrons. The number of hydrogen-bond acceptors (Lipinski definition) is 2. The molecule has 1 fully saturated rings. The number of hydrogen-bond donors (Lipinski definition) is 1. The summed E-state index contributed by atoms with van der Waals surface area (Å²) in [5.74, 6) is 0. The minimum absolute atomic E-state index is 0.135. The van der Waals surface area contributed by atoms with Crippen LogP contribution in [-0.2, 0) is 4.74 Å². The lowest BCUT2D eigenvalue weighted by atomic mass is 10.0. The summed E-state index contributed by atoms with van der Waals surface area (Å²) >= 11 is 0. The van der Waals surface area contributed by atoms with Gasteiger partial charge < -0.3 is 9.84 Å². The third-order valence-corrected chi connectivity index (χ3v) is 1.67. The predicted molar refractivity (Wildman–Crippen MR) is 35.2 cm³/mol. The molecule has 2 nitrogen and oxygen atoms in total. The zero-order valence-electron chi connectivity index (χ0n) is 6.00. The molecule has 1 N–H and O–H groups in total. The highest BCUT2D eigenvalue weighted by molar-refractivity contribution is 4.71. The van der Waals surface area contributed by atoms with Gasteiger partial charge in [0.15, 0.2) is 0 Å². The summed E-state index contributed by atoms with van der Waals surface area (Å²) in [6, 6.07) is 0. The van der Waals surface area contributed by atoms with Gasteiger partial charge in [-0.15, -0.1) is 0 Å². The van der Waals surface area contributed by atoms with Crippen LogP contribution in [0.2, 0.25) is 0 Å². The standard InChI is InChI=1S/C7H14O2/c1-5-3-7(8)4-6(2)9-5/h5-8H,3-4H2,1-2H3/t5-,6-/m1/s1.